The molecule has 1 fully saturated rings. The van der Waals surface area contributed by atoms with E-state index in [0.717, 1.165) is 35.9 Å². The molecule has 0 radical (unpaired) electrons. The van der Waals surface area contributed by atoms with Crippen LogP contribution in [0, 0.1) is 0 Å². The van der Waals surface area contributed by atoms with Crippen LogP contribution >= 0.6 is 11.8 Å². The van der Waals surface area contributed by atoms with Gasteiger partial charge in [0.25, 0.3) is 0 Å². The lowest BCUT2D eigenvalue weighted by Crippen LogP contribution is -2.47. The summed E-state index contributed by atoms with van der Waals surface area (Å²) in [4.78, 5) is 11.0. The number of fused-ring (bicyclic) bond motifs is 2. The smallest absolute Gasteiger partial charge is 0.211 e. The fraction of sp³-hybridized carbons (Fsp3) is 0.421. The van der Waals surface area contributed by atoms with Crippen molar-refractivity contribution in [2.75, 3.05) is 51.2 Å². The molecule has 0 aliphatic carbocycles. The van der Waals surface area contributed by atoms with Gasteiger partial charge in [0.05, 0.1) is 22.5 Å². The van der Waals surface area contributed by atoms with E-state index >= 15 is 0 Å². The molecular formula is C19H24N4O3S2. The van der Waals surface area contributed by atoms with Crippen LogP contribution in [-0.2, 0) is 21.3 Å². The highest BCUT2D eigenvalue weighted by molar-refractivity contribution is 7.99. The van der Waals surface area contributed by atoms with E-state index in [0.29, 0.717) is 19.8 Å². The zero-order valence-electron chi connectivity index (χ0n) is 16.0. The number of hydrogen-bond donors (Lipinski definition) is 0. The number of ether oxygens (including phenoxy) is 1. The van der Waals surface area contributed by atoms with Crippen LogP contribution < -0.4 is 4.90 Å². The molecule has 0 saturated carbocycles. The van der Waals surface area contributed by atoms with Gasteiger partial charge in [-0.25, -0.2) is 8.42 Å². The second-order valence-electron chi connectivity index (χ2n) is 7.03. The molecule has 7 nitrogen and oxygen atoms in total. The van der Waals surface area contributed by atoms with Crippen LogP contribution in [0.4, 0.5) is 11.4 Å². The number of aromatic nitrogens is 1. The van der Waals surface area contributed by atoms with Crippen molar-refractivity contribution in [3.05, 3.63) is 42.2 Å². The number of methoxy groups -OCH3 is 1. The van der Waals surface area contributed by atoms with E-state index in [1.807, 2.05) is 12.3 Å². The average Bonchev–Trinajstić information content (AvgIpc) is 2.68. The fourth-order valence-corrected chi connectivity index (χ4v) is 5.50. The first-order valence-electron chi connectivity index (χ1n) is 9.14. The maximum absolute atomic E-state index is 11.7. The van der Waals surface area contributed by atoms with Crippen LogP contribution in [0.1, 0.15) is 5.56 Å². The highest BCUT2D eigenvalue weighted by Gasteiger charge is 2.26. The number of pyridine rings is 1. The summed E-state index contributed by atoms with van der Waals surface area (Å²) >= 11 is 1.72. The van der Waals surface area contributed by atoms with Gasteiger partial charge >= 0.3 is 0 Å². The normalized spacial score (nSPS) is 18.0. The summed E-state index contributed by atoms with van der Waals surface area (Å²) in [7, 11) is -1.40. The fourth-order valence-electron chi connectivity index (χ4n) is 3.63. The Morgan fingerprint density at radius 3 is 2.61 bits per heavy atom. The minimum Gasteiger partial charge on any atom is -0.364 e. The van der Waals surface area contributed by atoms with Gasteiger partial charge in [0.1, 0.15) is 6.73 Å². The number of hydrogen-bond acceptors (Lipinski definition) is 7. The lowest BCUT2D eigenvalue weighted by atomic mass is 10.1. The van der Waals surface area contributed by atoms with Gasteiger partial charge in [0.15, 0.2) is 0 Å². The number of anilines is 2. The van der Waals surface area contributed by atoms with Gasteiger partial charge in [-0.2, -0.15) is 4.31 Å². The molecule has 9 heteroatoms. The molecule has 0 spiro atoms. The second-order valence-corrected chi connectivity index (χ2v) is 10.1. The van der Waals surface area contributed by atoms with Gasteiger partial charge in [0.2, 0.25) is 10.0 Å². The van der Waals surface area contributed by atoms with Crippen molar-refractivity contribution in [2.24, 2.45) is 0 Å². The van der Waals surface area contributed by atoms with Gasteiger partial charge in [0, 0.05) is 57.1 Å². The number of rotatable bonds is 5. The van der Waals surface area contributed by atoms with E-state index in [-0.39, 0.29) is 0 Å². The van der Waals surface area contributed by atoms with Crippen LogP contribution in [0.15, 0.2) is 46.5 Å². The van der Waals surface area contributed by atoms with Gasteiger partial charge in [-0.1, -0.05) is 17.8 Å². The second kappa shape index (κ2) is 8.00. The molecule has 0 bridgehead atoms. The molecule has 28 heavy (non-hydrogen) atoms. The summed E-state index contributed by atoms with van der Waals surface area (Å²) in [5.74, 6) is 0. The Balaban J connectivity index is 1.52. The van der Waals surface area contributed by atoms with Crippen molar-refractivity contribution in [1.82, 2.24) is 14.2 Å². The number of piperazine rings is 1. The van der Waals surface area contributed by atoms with Crippen LogP contribution in [0.3, 0.4) is 0 Å². The summed E-state index contributed by atoms with van der Waals surface area (Å²) in [6.45, 7) is 3.87. The maximum Gasteiger partial charge on any atom is 0.211 e. The highest BCUT2D eigenvalue weighted by atomic mass is 32.2. The van der Waals surface area contributed by atoms with Gasteiger partial charge in [-0.15, -0.1) is 0 Å². The third kappa shape index (κ3) is 4.04. The highest BCUT2D eigenvalue weighted by Crippen LogP contribution is 2.47. The molecule has 1 aromatic carbocycles. The van der Waals surface area contributed by atoms with Crippen LogP contribution in [0.5, 0.6) is 0 Å². The lowest BCUT2D eigenvalue weighted by Gasteiger charge is -2.34. The van der Waals surface area contributed by atoms with Crippen molar-refractivity contribution in [2.45, 2.75) is 16.3 Å². The molecule has 0 N–H and O–H groups in total. The monoisotopic (exact) mass is 420 g/mol. The molecule has 0 atom stereocenters. The van der Waals surface area contributed by atoms with Gasteiger partial charge in [-0.3, -0.25) is 9.88 Å². The van der Waals surface area contributed by atoms with Crippen molar-refractivity contribution in [3.63, 3.8) is 0 Å². The molecule has 3 heterocycles. The minimum atomic E-state index is -3.10. The predicted molar refractivity (Wildman–Crippen MR) is 111 cm³/mol. The summed E-state index contributed by atoms with van der Waals surface area (Å²) in [5, 5.41) is 0. The molecule has 1 aromatic heterocycles. The Labute approximate surface area is 170 Å². The summed E-state index contributed by atoms with van der Waals surface area (Å²) in [6, 6.07) is 8.54. The van der Waals surface area contributed by atoms with Crippen molar-refractivity contribution >= 4 is 33.2 Å². The van der Waals surface area contributed by atoms with E-state index < -0.39 is 10.0 Å². The van der Waals surface area contributed by atoms with Crippen LogP contribution in [0.2, 0.25) is 0 Å². The summed E-state index contributed by atoms with van der Waals surface area (Å²) < 4.78 is 30.4. The van der Waals surface area contributed by atoms with E-state index in [1.54, 1.807) is 29.4 Å². The number of benzene rings is 1. The number of nitrogens with zero attached hydrogens (tertiary/aromatic N) is 4. The van der Waals surface area contributed by atoms with Gasteiger partial charge in [-0.05, 0) is 23.8 Å². The Morgan fingerprint density at radius 2 is 1.89 bits per heavy atom. The van der Waals surface area contributed by atoms with E-state index in [9.17, 15) is 8.42 Å². The predicted octanol–water partition coefficient (Wildman–Crippen LogP) is 2.37. The lowest BCUT2D eigenvalue weighted by molar-refractivity contribution is 0.182. The maximum atomic E-state index is 11.7. The first kappa shape index (κ1) is 19.7. The third-order valence-corrected chi connectivity index (χ3v) is 7.46. The average molecular weight is 421 g/mol. The van der Waals surface area contributed by atoms with Crippen LogP contribution in [-0.4, -0.2) is 68.9 Å². The van der Waals surface area contributed by atoms with E-state index in [2.05, 4.69) is 33.0 Å². The van der Waals surface area contributed by atoms with Gasteiger partial charge < -0.3 is 9.64 Å². The Hall–Kier alpha value is -1.65. The molecule has 0 amide bonds. The Bertz CT molecular complexity index is 959. The molecule has 1 saturated heterocycles. The van der Waals surface area contributed by atoms with E-state index in [4.69, 9.17) is 4.74 Å². The minimum absolute atomic E-state index is 0.473. The number of sulfonamides is 1. The van der Waals surface area contributed by atoms with Crippen molar-refractivity contribution in [3.8, 4) is 0 Å². The molecular weight excluding hydrogens is 396 g/mol. The molecule has 150 valence electrons. The van der Waals surface area contributed by atoms with Crippen molar-refractivity contribution < 1.29 is 13.2 Å². The first-order valence-corrected chi connectivity index (χ1v) is 11.8. The summed E-state index contributed by atoms with van der Waals surface area (Å²) in [5.41, 5.74) is 3.46. The Morgan fingerprint density at radius 1 is 1.11 bits per heavy atom. The molecule has 2 aliphatic rings. The van der Waals surface area contributed by atoms with Crippen LogP contribution in [0.25, 0.3) is 0 Å². The quantitative estimate of drug-likeness (QED) is 0.736. The first-order chi connectivity index (χ1) is 13.5. The topological polar surface area (TPSA) is 66.0 Å². The SMILES string of the molecule is COCN1c2ccncc2Sc2ccc(CN3CCN(S(C)(=O)=O)CC3)cc21. The summed E-state index contributed by atoms with van der Waals surface area (Å²) in [6.07, 6.45) is 4.97. The largest absolute Gasteiger partial charge is 0.364 e. The Kier molecular flexibility index (Phi) is 5.62. The molecule has 2 aliphatic heterocycles. The molecule has 0 unspecified atom stereocenters. The zero-order valence-corrected chi connectivity index (χ0v) is 17.7. The standard InChI is InChI=1S/C19H24N4O3S2/c1-26-14-23-16-5-6-20-12-19(16)27-18-4-3-15(11-17(18)23)13-21-7-9-22(10-8-21)28(2,24)25/h3-6,11-12H,7-10,13-14H2,1-2H3. The third-order valence-electron chi connectivity index (χ3n) is 5.05. The van der Waals surface area contributed by atoms with E-state index in [1.165, 1.54) is 16.7 Å². The molecule has 4 rings (SSSR count). The molecule has 2 aromatic rings. The van der Waals surface area contributed by atoms with Crippen molar-refractivity contribution in [1.29, 1.82) is 0 Å². The zero-order chi connectivity index (χ0) is 19.7.